The third kappa shape index (κ3) is 2.42. The monoisotopic (exact) mass is 326 g/mol. The molecule has 0 spiro atoms. The average Bonchev–Trinajstić information content (AvgIpc) is 3.18. The minimum atomic E-state index is 0.288. The molecule has 0 saturated heterocycles. The lowest BCUT2D eigenvalue weighted by Gasteiger charge is -2.26. The number of rotatable bonds is 4. The number of nitrogens with one attached hydrogen (secondary N) is 1. The van der Waals surface area contributed by atoms with Crippen molar-refractivity contribution < 1.29 is 0 Å². The molecule has 0 radical (unpaired) electrons. The fourth-order valence-electron chi connectivity index (χ4n) is 3.30. The van der Waals surface area contributed by atoms with Crippen LogP contribution in [-0.4, -0.2) is 40.3 Å². The lowest BCUT2D eigenvalue weighted by atomic mass is 10.1. The number of aryl methyl sites for hydroxylation is 2. The molecule has 0 saturated carbocycles. The van der Waals surface area contributed by atoms with Crippen LogP contribution in [-0.2, 0) is 19.5 Å². The zero-order valence-electron chi connectivity index (χ0n) is 14.3. The van der Waals surface area contributed by atoms with Crippen molar-refractivity contribution in [3.05, 3.63) is 24.3 Å². The van der Waals surface area contributed by atoms with Crippen LogP contribution in [0.3, 0.4) is 0 Å². The molecule has 126 valence electrons. The molecule has 8 heteroatoms. The molecule has 24 heavy (non-hydrogen) atoms. The highest BCUT2D eigenvalue weighted by Gasteiger charge is 2.25. The minimum absolute atomic E-state index is 0.288. The Morgan fingerprint density at radius 3 is 2.92 bits per heavy atom. The van der Waals surface area contributed by atoms with Crippen LogP contribution >= 0.6 is 0 Å². The summed E-state index contributed by atoms with van der Waals surface area (Å²) in [5.41, 5.74) is 1.71. The number of hydrogen-bond acceptors (Lipinski definition) is 6. The third-order valence-electron chi connectivity index (χ3n) is 4.57. The van der Waals surface area contributed by atoms with Gasteiger partial charge in [0.2, 0.25) is 0 Å². The summed E-state index contributed by atoms with van der Waals surface area (Å²) in [5, 5.41) is 12.2. The highest BCUT2D eigenvalue weighted by atomic mass is 15.3. The lowest BCUT2D eigenvalue weighted by Crippen LogP contribution is -2.32. The lowest BCUT2D eigenvalue weighted by molar-refractivity contribution is 0.459. The van der Waals surface area contributed by atoms with Gasteiger partial charge >= 0.3 is 0 Å². The maximum Gasteiger partial charge on any atom is 0.165 e. The summed E-state index contributed by atoms with van der Waals surface area (Å²) >= 11 is 0. The van der Waals surface area contributed by atoms with Gasteiger partial charge in [-0.25, -0.2) is 15.0 Å². The molecule has 1 aliphatic rings. The SMILES string of the molecule is CCn1cnc2c(NC3CCc4nnc(C(C)C)n4C3)ncnc21. The molecule has 1 aliphatic heterocycles. The molecule has 0 aromatic carbocycles. The van der Waals surface area contributed by atoms with Crippen LogP contribution in [0.1, 0.15) is 44.8 Å². The molecule has 0 bridgehead atoms. The van der Waals surface area contributed by atoms with E-state index in [1.165, 1.54) is 0 Å². The number of aromatic nitrogens is 7. The van der Waals surface area contributed by atoms with Crippen LogP contribution in [0.4, 0.5) is 5.82 Å². The second-order valence-electron chi connectivity index (χ2n) is 6.54. The zero-order chi connectivity index (χ0) is 16.7. The summed E-state index contributed by atoms with van der Waals surface area (Å²) in [6, 6.07) is 0.288. The predicted octanol–water partition coefficient (Wildman–Crippen LogP) is 1.99. The number of nitrogens with zero attached hydrogens (tertiary/aromatic N) is 7. The van der Waals surface area contributed by atoms with Gasteiger partial charge in [0.15, 0.2) is 11.5 Å². The third-order valence-corrected chi connectivity index (χ3v) is 4.57. The van der Waals surface area contributed by atoms with Crippen LogP contribution in [0.25, 0.3) is 11.2 Å². The van der Waals surface area contributed by atoms with Gasteiger partial charge in [-0.05, 0) is 13.3 Å². The molecule has 3 aromatic heterocycles. The Morgan fingerprint density at radius 1 is 1.25 bits per heavy atom. The van der Waals surface area contributed by atoms with Gasteiger partial charge in [-0.2, -0.15) is 0 Å². The highest BCUT2D eigenvalue weighted by Crippen LogP contribution is 2.24. The predicted molar refractivity (Wildman–Crippen MR) is 90.8 cm³/mol. The first-order chi connectivity index (χ1) is 11.7. The van der Waals surface area contributed by atoms with Crippen molar-refractivity contribution in [1.29, 1.82) is 0 Å². The first-order valence-corrected chi connectivity index (χ1v) is 8.51. The summed E-state index contributed by atoms with van der Waals surface area (Å²) in [4.78, 5) is 13.2. The van der Waals surface area contributed by atoms with Crippen molar-refractivity contribution in [2.75, 3.05) is 5.32 Å². The Bertz CT molecular complexity index is 862. The van der Waals surface area contributed by atoms with Gasteiger partial charge in [0.05, 0.1) is 6.33 Å². The smallest absolute Gasteiger partial charge is 0.165 e. The Balaban J connectivity index is 1.60. The summed E-state index contributed by atoms with van der Waals surface area (Å²) in [7, 11) is 0. The molecule has 0 aliphatic carbocycles. The number of anilines is 1. The van der Waals surface area contributed by atoms with Gasteiger partial charge in [0.1, 0.15) is 23.5 Å². The van der Waals surface area contributed by atoms with E-state index in [9.17, 15) is 0 Å². The number of imidazole rings is 1. The van der Waals surface area contributed by atoms with E-state index in [-0.39, 0.29) is 6.04 Å². The normalized spacial score (nSPS) is 17.4. The average molecular weight is 326 g/mol. The van der Waals surface area contributed by atoms with Crippen molar-refractivity contribution in [3.63, 3.8) is 0 Å². The van der Waals surface area contributed by atoms with Gasteiger partial charge < -0.3 is 14.5 Å². The van der Waals surface area contributed by atoms with Gasteiger partial charge in [0.25, 0.3) is 0 Å². The molecule has 4 heterocycles. The molecule has 1 atom stereocenters. The quantitative estimate of drug-likeness (QED) is 0.789. The van der Waals surface area contributed by atoms with Crippen LogP contribution < -0.4 is 5.32 Å². The van der Waals surface area contributed by atoms with E-state index in [4.69, 9.17) is 0 Å². The largest absolute Gasteiger partial charge is 0.364 e. The Hall–Kier alpha value is -2.51. The van der Waals surface area contributed by atoms with Gasteiger partial charge in [-0.15, -0.1) is 10.2 Å². The zero-order valence-corrected chi connectivity index (χ0v) is 14.3. The van der Waals surface area contributed by atoms with E-state index < -0.39 is 0 Å². The maximum absolute atomic E-state index is 4.48. The van der Waals surface area contributed by atoms with E-state index >= 15 is 0 Å². The maximum atomic E-state index is 4.48. The number of hydrogen-bond donors (Lipinski definition) is 1. The fraction of sp³-hybridized carbons (Fsp3) is 0.562. The van der Waals surface area contributed by atoms with Gasteiger partial charge in [-0.1, -0.05) is 13.8 Å². The Kier molecular flexibility index (Phi) is 3.66. The van der Waals surface area contributed by atoms with Crippen molar-refractivity contribution in [3.8, 4) is 0 Å². The number of fused-ring (bicyclic) bond motifs is 2. The molecule has 0 fully saturated rings. The minimum Gasteiger partial charge on any atom is -0.364 e. The summed E-state index contributed by atoms with van der Waals surface area (Å²) in [6.07, 6.45) is 5.36. The van der Waals surface area contributed by atoms with E-state index in [1.54, 1.807) is 6.33 Å². The molecule has 3 aromatic rings. The molecular weight excluding hydrogens is 304 g/mol. The fourth-order valence-corrected chi connectivity index (χ4v) is 3.30. The summed E-state index contributed by atoms with van der Waals surface area (Å²) in [5.74, 6) is 3.32. The van der Waals surface area contributed by atoms with Crippen molar-refractivity contribution in [2.45, 2.75) is 58.7 Å². The van der Waals surface area contributed by atoms with Gasteiger partial charge in [-0.3, -0.25) is 0 Å². The highest BCUT2D eigenvalue weighted by molar-refractivity contribution is 5.82. The van der Waals surface area contributed by atoms with Crippen molar-refractivity contribution in [2.24, 2.45) is 0 Å². The second kappa shape index (κ2) is 5.85. The summed E-state index contributed by atoms with van der Waals surface area (Å²) in [6.45, 7) is 8.09. The van der Waals surface area contributed by atoms with E-state index in [1.807, 2.05) is 10.9 Å². The topological polar surface area (TPSA) is 86.3 Å². The molecule has 1 unspecified atom stereocenters. The first-order valence-electron chi connectivity index (χ1n) is 8.51. The molecule has 8 nitrogen and oxygen atoms in total. The van der Waals surface area contributed by atoms with E-state index in [0.29, 0.717) is 5.92 Å². The standard InChI is InChI=1S/C16H22N8/c1-4-23-9-19-13-14(17-8-18-16(13)23)20-11-5-6-12-21-22-15(10(2)3)24(12)7-11/h8-11H,4-7H2,1-3H3,(H,17,18,20). The molecule has 1 N–H and O–H groups in total. The van der Waals surface area contributed by atoms with Crippen molar-refractivity contribution >= 4 is 17.0 Å². The van der Waals surface area contributed by atoms with Crippen LogP contribution in [0, 0.1) is 0 Å². The Labute approximate surface area is 140 Å². The second-order valence-corrected chi connectivity index (χ2v) is 6.54. The van der Waals surface area contributed by atoms with Crippen LogP contribution in [0.2, 0.25) is 0 Å². The van der Waals surface area contributed by atoms with E-state index in [2.05, 4.69) is 55.8 Å². The van der Waals surface area contributed by atoms with Gasteiger partial charge in [0, 0.05) is 31.5 Å². The van der Waals surface area contributed by atoms with E-state index in [0.717, 1.165) is 54.6 Å². The Morgan fingerprint density at radius 2 is 2.12 bits per heavy atom. The molecule has 4 rings (SSSR count). The summed E-state index contributed by atoms with van der Waals surface area (Å²) < 4.78 is 4.27. The van der Waals surface area contributed by atoms with Crippen molar-refractivity contribution in [1.82, 2.24) is 34.3 Å². The molecular formula is C16H22N8. The van der Waals surface area contributed by atoms with Crippen LogP contribution in [0.5, 0.6) is 0 Å². The van der Waals surface area contributed by atoms with Crippen LogP contribution in [0.15, 0.2) is 12.7 Å². The molecule has 0 amide bonds. The first kappa shape index (κ1) is 15.0.